The number of unbranched alkanes of at least 4 members (excludes halogenated alkanes) is 7. The van der Waals surface area contributed by atoms with E-state index < -0.39 is 0 Å². The van der Waals surface area contributed by atoms with Gasteiger partial charge in [0, 0.05) is 0 Å². The summed E-state index contributed by atoms with van der Waals surface area (Å²) in [4.78, 5) is 0. The third-order valence-corrected chi connectivity index (χ3v) is 2.59. The molecule has 0 saturated carbocycles. The maximum Gasteiger partial charge on any atom is 0.0955 e. The summed E-state index contributed by atoms with van der Waals surface area (Å²) in [5.41, 5.74) is 0. The molecule has 94 valence electrons. The highest BCUT2D eigenvalue weighted by Gasteiger charge is 2.06. The number of quaternary nitrogens is 1. The Morgan fingerprint density at radius 3 is 1.60 bits per heavy atom. The van der Waals surface area contributed by atoms with Crippen molar-refractivity contribution in [3.63, 3.8) is 0 Å². The average molecular weight is 237 g/mol. The van der Waals surface area contributed by atoms with E-state index in [0.717, 1.165) is 6.54 Å². The van der Waals surface area contributed by atoms with Crippen LogP contribution in [-0.2, 0) is 0 Å². The molecule has 0 aromatic heterocycles. The largest absolute Gasteiger partial charge is 1.00 e. The third-order valence-electron chi connectivity index (χ3n) is 2.59. The Labute approximate surface area is 102 Å². The van der Waals surface area contributed by atoms with Crippen LogP contribution in [0.2, 0.25) is 0 Å². The fourth-order valence-electron chi connectivity index (χ4n) is 1.65. The van der Waals surface area contributed by atoms with Gasteiger partial charge in [-0.2, -0.15) is 5.84 Å². The lowest BCUT2D eigenvalue weighted by Gasteiger charge is -2.21. The molecule has 0 atom stereocenters. The number of halogens is 1. The van der Waals surface area contributed by atoms with Gasteiger partial charge in [0.05, 0.1) is 20.6 Å². The Morgan fingerprint density at radius 1 is 0.800 bits per heavy atom. The van der Waals surface area contributed by atoms with Crippen molar-refractivity contribution in [3.05, 3.63) is 0 Å². The zero-order chi connectivity index (χ0) is 10.9. The molecular formula is C12H29ClN2. The van der Waals surface area contributed by atoms with Crippen molar-refractivity contribution in [3.8, 4) is 0 Å². The van der Waals surface area contributed by atoms with Crippen molar-refractivity contribution in [2.24, 2.45) is 5.84 Å². The molecule has 0 rings (SSSR count). The maximum atomic E-state index is 5.85. The fourth-order valence-corrected chi connectivity index (χ4v) is 1.65. The summed E-state index contributed by atoms with van der Waals surface area (Å²) in [6, 6.07) is 0. The van der Waals surface area contributed by atoms with Gasteiger partial charge >= 0.3 is 0 Å². The zero-order valence-electron chi connectivity index (χ0n) is 10.8. The molecule has 0 unspecified atom stereocenters. The van der Waals surface area contributed by atoms with Crippen molar-refractivity contribution in [2.75, 3.05) is 20.6 Å². The van der Waals surface area contributed by atoms with Gasteiger partial charge in [-0.1, -0.05) is 45.4 Å². The normalized spacial score (nSPS) is 11.2. The van der Waals surface area contributed by atoms with E-state index in [9.17, 15) is 0 Å². The number of nitrogens with two attached hydrogens (primary N) is 1. The summed E-state index contributed by atoms with van der Waals surface area (Å²) < 4.78 is 0.621. The molecule has 2 nitrogen and oxygen atoms in total. The van der Waals surface area contributed by atoms with Crippen LogP contribution < -0.4 is 18.2 Å². The SMILES string of the molecule is CCCCCCCCCC[N+](C)(C)N.[Cl-]. The van der Waals surface area contributed by atoms with Crippen LogP contribution in [0.15, 0.2) is 0 Å². The molecule has 0 spiro atoms. The average Bonchev–Trinajstić information content (AvgIpc) is 2.08. The molecule has 0 bridgehead atoms. The van der Waals surface area contributed by atoms with Crippen molar-refractivity contribution < 1.29 is 17.0 Å². The number of hydrogen-bond acceptors (Lipinski definition) is 1. The van der Waals surface area contributed by atoms with E-state index in [1.165, 1.54) is 51.4 Å². The monoisotopic (exact) mass is 236 g/mol. The number of rotatable bonds is 9. The van der Waals surface area contributed by atoms with Crippen LogP contribution in [0.1, 0.15) is 58.3 Å². The number of nitrogens with zero attached hydrogens (tertiary/aromatic N) is 1. The van der Waals surface area contributed by atoms with Gasteiger partial charge in [-0.05, 0) is 12.8 Å². The Hall–Kier alpha value is 0.210. The van der Waals surface area contributed by atoms with Crippen LogP contribution in [0.3, 0.4) is 0 Å². The van der Waals surface area contributed by atoms with Crippen LogP contribution in [-0.4, -0.2) is 25.2 Å². The lowest BCUT2D eigenvalue weighted by molar-refractivity contribution is -0.902. The van der Waals surface area contributed by atoms with Gasteiger partial charge < -0.3 is 12.4 Å². The highest BCUT2D eigenvalue weighted by atomic mass is 35.5. The van der Waals surface area contributed by atoms with Crippen LogP contribution in [0, 0.1) is 0 Å². The van der Waals surface area contributed by atoms with E-state index in [0.29, 0.717) is 4.59 Å². The first kappa shape index (κ1) is 17.6. The topological polar surface area (TPSA) is 26.0 Å². The first-order valence-corrected chi connectivity index (χ1v) is 6.18. The molecule has 0 amide bonds. The summed E-state index contributed by atoms with van der Waals surface area (Å²) in [7, 11) is 4.11. The van der Waals surface area contributed by atoms with Crippen LogP contribution in [0.5, 0.6) is 0 Å². The van der Waals surface area contributed by atoms with Gasteiger partial charge in [-0.25, -0.2) is 0 Å². The van der Waals surface area contributed by atoms with E-state index in [4.69, 9.17) is 5.84 Å². The van der Waals surface area contributed by atoms with Crippen molar-refractivity contribution in [2.45, 2.75) is 58.3 Å². The van der Waals surface area contributed by atoms with Gasteiger partial charge in [0.2, 0.25) is 0 Å². The Morgan fingerprint density at radius 2 is 1.20 bits per heavy atom. The molecule has 0 heterocycles. The van der Waals surface area contributed by atoms with Gasteiger partial charge in [0.25, 0.3) is 0 Å². The predicted octanol–water partition coefficient (Wildman–Crippen LogP) is 0.0812. The molecule has 0 aliphatic carbocycles. The molecule has 0 fully saturated rings. The van der Waals surface area contributed by atoms with Gasteiger partial charge in [0.15, 0.2) is 0 Å². The van der Waals surface area contributed by atoms with Crippen molar-refractivity contribution in [1.29, 1.82) is 0 Å². The van der Waals surface area contributed by atoms with Crippen LogP contribution in [0.25, 0.3) is 0 Å². The highest BCUT2D eigenvalue weighted by molar-refractivity contribution is 4.45. The van der Waals surface area contributed by atoms with E-state index in [1.54, 1.807) is 0 Å². The molecule has 0 aliphatic heterocycles. The summed E-state index contributed by atoms with van der Waals surface area (Å²) in [6.45, 7) is 3.37. The summed E-state index contributed by atoms with van der Waals surface area (Å²) in [5.74, 6) is 5.85. The third kappa shape index (κ3) is 16.9. The Balaban J connectivity index is 0. The molecule has 15 heavy (non-hydrogen) atoms. The lowest BCUT2D eigenvalue weighted by atomic mass is 10.1. The smallest absolute Gasteiger partial charge is 0.0955 e. The maximum absolute atomic E-state index is 5.85. The van der Waals surface area contributed by atoms with Gasteiger partial charge in [-0.3, -0.25) is 4.59 Å². The first-order valence-electron chi connectivity index (χ1n) is 6.18. The number of hydrogen-bond donors (Lipinski definition) is 1. The van der Waals surface area contributed by atoms with Crippen molar-refractivity contribution >= 4 is 0 Å². The second kappa shape index (κ2) is 10.7. The summed E-state index contributed by atoms with van der Waals surface area (Å²) >= 11 is 0. The van der Waals surface area contributed by atoms with Crippen molar-refractivity contribution in [1.82, 2.24) is 0 Å². The summed E-state index contributed by atoms with van der Waals surface area (Å²) in [6.07, 6.45) is 11.0. The molecule has 0 aromatic carbocycles. The predicted molar refractivity (Wildman–Crippen MR) is 63.8 cm³/mol. The minimum absolute atomic E-state index is 0. The molecule has 0 radical (unpaired) electrons. The minimum Gasteiger partial charge on any atom is -1.00 e. The molecule has 0 saturated heterocycles. The van der Waals surface area contributed by atoms with Crippen LogP contribution in [0.4, 0.5) is 0 Å². The zero-order valence-corrected chi connectivity index (χ0v) is 11.5. The van der Waals surface area contributed by atoms with Crippen LogP contribution >= 0.6 is 0 Å². The fraction of sp³-hybridized carbons (Fsp3) is 1.00. The quantitative estimate of drug-likeness (QED) is 0.261. The molecular weight excluding hydrogens is 208 g/mol. The van der Waals surface area contributed by atoms with E-state index in [-0.39, 0.29) is 12.4 Å². The Bertz CT molecular complexity index is 121. The Kier molecular flexibility index (Phi) is 12.6. The minimum atomic E-state index is 0. The first-order chi connectivity index (χ1) is 6.56. The van der Waals surface area contributed by atoms with E-state index >= 15 is 0 Å². The van der Waals surface area contributed by atoms with E-state index in [1.807, 2.05) is 0 Å². The molecule has 2 N–H and O–H groups in total. The molecule has 0 aromatic rings. The second-order valence-electron chi connectivity index (χ2n) is 4.98. The summed E-state index contributed by atoms with van der Waals surface area (Å²) in [5, 5.41) is 0. The molecule has 0 aliphatic rings. The van der Waals surface area contributed by atoms with E-state index in [2.05, 4.69) is 21.0 Å². The lowest BCUT2D eigenvalue weighted by Crippen LogP contribution is -3.00. The molecule has 3 heteroatoms. The van der Waals surface area contributed by atoms with Gasteiger partial charge in [-0.15, -0.1) is 0 Å². The highest BCUT2D eigenvalue weighted by Crippen LogP contribution is 2.08. The van der Waals surface area contributed by atoms with Gasteiger partial charge in [0.1, 0.15) is 0 Å². The second-order valence-corrected chi connectivity index (χ2v) is 4.98. The standard InChI is InChI=1S/C12H29N2.ClH/c1-4-5-6-7-8-9-10-11-12-14(2,3)13;/h4-13H2,1-3H3;1H/q+1;/p-1.